The highest BCUT2D eigenvalue weighted by Crippen LogP contribution is 2.05. The van der Waals surface area contributed by atoms with Gasteiger partial charge in [-0.15, -0.1) is 0 Å². The van der Waals surface area contributed by atoms with Crippen molar-refractivity contribution in [2.75, 3.05) is 13.1 Å². The molecule has 2 aromatic rings. The summed E-state index contributed by atoms with van der Waals surface area (Å²) >= 11 is 0. The molecule has 100 valence electrons. The monoisotopic (exact) mass is 258 g/mol. The number of benzene rings is 1. The normalized spacial score (nSPS) is 10.4. The number of hydrogen-bond acceptors (Lipinski definition) is 3. The molecule has 0 aliphatic carbocycles. The average molecular weight is 258 g/mol. The minimum absolute atomic E-state index is 0.0259. The number of carbonyl (C=O) groups is 1. The summed E-state index contributed by atoms with van der Waals surface area (Å²) in [6.45, 7) is 1.84. The zero-order valence-electron chi connectivity index (χ0n) is 10.8. The number of carbonyl (C=O) groups excluding carboxylic acids is 1. The minimum atomic E-state index is 0.0259. The first-order valence-electron chi connectivity index (χ1n) is 6.29. The van der Waals surface area contributed by atoms with E-state index < -0.39 is 0 Å². The van der Waals surface area contributed by atoms with Crippen LogP contribution < -0.4 is 5.73 Å². The number of rotatable bonds is 6. The highest BCUT2D eigenvalue weighted by atomic mass is 16.2. The minimum Gasteiger partial charge on any atom is -0.335 e. The van der Waals surface area contributed by atoms with Gasteiger partial charge in [-0.05, 0) is 11.6 Å². The molecule has 2 N–H and O–H groups in total. The van der Waals surface area contributed by atoms with E-state index in [1.54, 1.807) is 28.0 Å². The molecule has 2 rings (SSSR count). The summed E-state index contributed by atoms with van der Waals surface area (Å²) in [5.74, 6) is 0.0259. The van der Waals surface area contributed by atoms with Crippen molar-refractivity contribution in [3.8, 4) is 0 Å². The first-order valence-corrected chi connectivity index (χ1v) is 6.29. The van der Waals surface area contributed by atoms with Gasteiger partial charge in [0.25, 0.3) is 0 Å². The van der Waals surface area contributed by atoms with Crippen LogP contribution in [0.15, 0.2) is 48.8 Å². The van der Waals surface area contributed by atoms with Gasteiger partial charge in [0.15, 0.2) is 0 Å². The van der Waals surface area contributed by atoms with E-state index in [4.69, 9.17) is 5.73 Å². The summed E-state index contributed by atoms with van der Waals surface area (Å²) < 4.78 is 1.62. The Labute approximate surface area is 112 Å². The number of nitrogens with zero attached hydrogens (tertiary/aromatic N) is 3. The van der Waals surface area contributed by atoms with Gasteiger partial charge in [0.05, 0.1) is 0 Å². The van der Waals surface area contributed by atoms with Gasteiger partial charge in [-0.1, -0.05) is 30.3 Å². The van der Waals surface area contributed by atoms with Gasteiger partial charge in [0.2, 0.25) is 5.91 Å². The largest absolute Gasteiger partial charge is 0.335 e. The number of hydrogen-bond donors (Lipinski definition) is 1. The van der Waals surface area contributed by atoms with Gasteiger partial charge in [-0.25, -0.2) is 0 Å². The first kappa shape index (κ1) is 13.3. The van der Waals surface area contributed by atoms with Crippen LogP contribution in [0.2, 0.25) is 0 Å². The molecule has 0 saturated heterocycles. The van der Waals surface area contributed by atoms with Crippen LogP contribution in [0.3, 0.4) is 0 Å². The van der Waals surface area contributed by atoms with Crippen LogP contribution >= 0.6 is 0 Å². The van der Waals surface area contributed by atoms with E-state index in [2.05, 4.69) is 5.10 Å². The molecule has 0 spiro atoms. The lowest BCUT2D eigenvalue weighted by Gasteiger charge is -2.22. The fourth-order valence-electron chi connectivity index (χ4n) is 1.88. The Morgan fingerprint density at radius 1 is 1.26 bits per heavy atom. The van der Waals surface area contributed by atoms with E-state index in [1.807, 2.05) is 30.3 Å². The lowest BCUT2D eigenvalue weighted by molar-refractivity contribution is -0.132. The summed E-state index contributed by atoms with van der Waals surface area (Å²) in [5, 5.41) is 4.04. The molecule has 1 heterocycles. The van der Waals surface area contributed by atoms with E-state index in [1.165, 1.54) is 0 Å². The van der Waals surface area contributed by atoms with Gasteiger partial charge >= 0.3 is 0 Å². The van der Waals surface area contributed by atoms with E-state index in [0.717, 1.165) is 5.56 Å². The fourth-order valence-corrected chi connectivity index (χ4v) is 1.88. The Kier molecular flexibility index (Phi) is 4.69. The smallest absolute Gasteiger partial charge is 0.244 e. The molecule has 1 aromatic heterocycles. The first-order chi connectivity index (χ1) is 9.29. The van der Waals surface area contributed by atoms with Gasteiger partial charge in [0.1, 0.15) is 6.54 Å². The summed E-state index contributed by atoms with van der Waals surface area (Å²) in [6, 6.07) is 11.7. The van der Waals surface area contributed by atoms with E-state index in [0.29, 0.717) is 19.6 Å². The lowest BCUT2D eigenvalue weighted by Crippen LogP contribution is -2.37. The molecule has 5 nitrogen and oxygen atoms in total. The molecule has 0 aliphatic heterocycles. The van der Waals surface area contributed by atoms with Crippen molar-refractivity contribution in [3.63, 3.8) is 0 Å². The molecular weight excluding hydrogens is 240 g/mol. The quantitative estimate of drug-likeness (QED) is 0.836. The fraction of sp³-hybridized carbons (Fsp3) is 0.286. The van der Waals surface area contributed by atoms with Crippen LogP contribution in [-0.2, 0) is 17.9 Å². The van der Waals surface area contributed by atoms with Crippen molar-refractivity contribution in [1.82, 2.24) is 14.7 Å². The predicted molar refractivity (Wildman–Crippen MR) is 73.1 cm³/mol. The van der Waals surface area contributed by atoms with E-state index in [-0.39, 0.29) is 12.5 Å². The topological polar surface area (TPSA) is 64.2 Å². The zero-order valence-corrected chi connectivity index (χ0v) is 10.8. The van der Waals surface area contributed by atoms with Gasteiger partial charge in [-0.3, -0.25) is 9.48 Å². The Balaban J connectivity index is 2.00. The molecular formula is C14H18N4O. The van der Waals surface area contributed by atoms with Crippen LogP contribution in [0.25, 0.3) is 0 Å². The number of amides is 1. The molecule has 1 aromatic carbocycles. The maximum Gasteiger partial charge on any atom is 0.244 e. The maximum atomic E-state index is 12.2. The van der Waals surface area contributed by atoms with Crippen molar-refractivity contribution in [2.45, 2.75) is 13.1 Å². The zero-order chi connectivity index (χ0) is 13.5. The van der Waals surface area contributed by atoms with E-state index in [9.17, 15) is 4.79 Å². The highest BCUT2D eigenvalue weighted by molar-refractivity contribution is 5.75. The Hall–Kier alpha value is -2.14. The summed E-state index contributed by atoms with van der Waals surface area (Å²) in [4.78, 5) is 14.0. The molecule has 5 heteroatoms. The summed E-state index contributed by atoms with van der Waals surface area (Å²) in [5.41, 5.74) is 6.68. The predicted octanol–water partition coefficient (Wildman–Crippen LogP) is 0.871. The number of aromatic nitrogens is 2. The van der Waals surface area contributed by atoms with Crippen molar-refractivity contribution >= 4 is 5.91 Å². The van der Waals surface area contributed by atoms with E-state index >= 15 is 0 Å². The Morgan fingerprint density at radius 3 is 2.68 bits per heavy atom. The SMILES string of the molecule is NCCN(Cc1ccccc1)C(=O)Cn1cccn1. The van der Waals surface area contributed by atoms with Crippen molar-refractivity contribution in [3.05, 3.63) is 54.4 Å². The molecule has 19 heavy (non-hydrogen) atoms. The van der Waals surface area contributed by atoms with Crippen LogP contribution in [0.1, 0.15) is 5.56 Å². The molecule has 0 radical (unpaired) electrons. The molecule has 0 atom stereocenters. The number of nitrogens with two attached hydrogens (primary N) is 1. The van der Waals surface area contributed by atoms with Crippen LogP contribution in [0, 0.1) is 0 Å². The standard InChI is InChI=1S/C14H18N4O/c15-7-10-17(11-13-5-2-1-3-6-13)14(19)12-18-9-4-8-16-18/h1-6,8-9H,7,10-12,15H2. The third-order valence-corrected chi connectivity index (χ3v) is 2.82. The summed E-state index contributed by atoms with van der Waals surface area (Å²) in [6.07, 6.45) is 3.44. The Morgan fingerprint density at radius 2 is 2.05 bits per heavy atom. The average Bonchev–Trinajstić information content (AvgIpc) is 2.92. The molecule has 0 bridgehead atoms. The lowest BCUT2D eigenvalue weighted by atomic mass is 10.2. The Bertz CT molecular complexity index is 495. The molecule has 0 fully saturated rings. The third-order valence-electron chi connectivity index (χ3n) is 2.82. The molecule has 0 saturated carbocycles. The van der Waals surface area contributed by atoms with Crippen LogP contribution in [-0.4, -0.2) is 33.7 Å². The second-order valence-corrected chi connectivity index (χ2v) is 4.29. The van der Waals surface area contributed by atoms with Gasteiger partial charge in [0, 0.05) is 32.0 Å². The molecule has 0 aliphatic rings. The second kappa shape index (κ2) is 6.70. The highest BCUT2D eigenvalue weighted by Gasteiger charge is 2.13. The van der Waals surface area contributed by atoms with Crippen molar-refractivity contribution in [2.24, 2.45) is 5.73 Å². The van der Waals surface area contributed by atoms with Crippen LogP contribution in [0.5, 0.6) is 0 Å². The van der Waals surface area contributed by atoms with Crippen LogP contribution in [0.4, 0.5) is 0 Å². The third kappa shape index (κ3) is 3.93. The van der Waals surface area contributed by atoms with Gasteiger partial charge in [-0.2, -0.15) is 5.10 Å². The van der Waals surface area contributed by atoms with Crippen molar-refractivity contribution in [1.29, 1.82) is 0 Å². The van der Waals surface area contributed by atoms with Crippen molar-refractivity contribution < 1.29 is 4.79 Å². The maximum absolute atomic E-state index is 12.2. The molecule has 1 amide bonds. The molecule has 0 unspecified atom stereocenters. The van der Waals surface area contributed by atoms with Gasteiger partial charge < -0.3 is 10.6 Å². The summed E-state index contributed by atoms with van der Waals surface area (Å²) in [7, 11) is 0. The second-order valence-electron chi connectivity index (χ2n) is 4.29.